The molecule has 2 aromatic carbocycles. The van der Waals surface area contributed by atoms with Gasteiger partial charge in [0.15, 0.2) is 0 Å². The third kappa shape index (κ3) is 2.65. The van der Waals surface area contributed by atoms with E-state index in [0.717, 1.165) is 33.0 Å². The van der Waals surface area contributed by atoms with Crippen molar-refractivity contribution in [2.24, 2.45) is 0 Å². The molecule has 0 saturated heterocycles. The Labute approximate surface area is 136 Å². The average molecular weight is 316 g/mol. The molecular formula is C20H12O4. The minimum absolute atomic E-state index is 0.362. The minimum atomic E-state index is -0.362. The molecule has 2 aromatic heterocycles. The molecule has 0 aliphatic carbocycles. The highest BCUT2D eigenvalue weighted by Crippen LogP contribution is 2.27. The van der Waals surface area contributed by atoms with E-state index < -0.39 is 0 Å². The lowest BCUT2D eigenvalue weighted by Gasteiger charge is -2.06. The van der Waals surface area contributed by atoms with E-state index in [1.54, 1.807) is 12.1 Å². The molecule has 116 valence electrons. The first-order chi connectivity index (χ1) is 11.7. The van der Waals surface area contributed by atoms with Crippen LogP contribution in [0, 0.1) is 0 Å². The van der Waals surface area contributed by atoms with Crippen LogP contribution in [-0.4, -0.2) is 0 Å². The van der Waals surface area contributed by atoms with Crippen LogP contribution in [0.2, 0.25) is 0 Å². The lowest BCUT2D eigenvalue weighted by Crippen LogP contribution is -1.94. The van der Waals surface area contributed by atoms with Gasteiger partial charge < -0.3 is 8.83 Å². The van der Waals surface area contributed by atoms with E-state index >= 15 is 0 Å². The number of rotatable bonds is 2. The molecule has 2 heterocycles. The van der Waals surface area contributed by atoms with Gasteiger partial charge in [-0.25, -0.2) is 9.59 Å². The Morgan fingerprint density at radius 2 is 0.917 bits per heavy atom. The van der Waals surface area contributed by atoms with Crippen molar-refractivity contribution in [3.63, 3.8) is 0 Å². The molecule has 0 atom stereocenters. The third-order valence-electron chi connectivity index (χ3n) is 3.91. The molecule has 4 aromatic rings. The van der Waals surface area contributed by atoms with Gasteiger partial charge >= 0.3 is 11.3 Å². The summed E-state index contributed by atoms with van der Waals surface area (Å²) >= 11 is 0. The second kappa shape index (κ2) is 5.66. The molecule has 0 N–H and O–H groups in total. The van der Waals surface area contributed by atoms with E-state index in [0.29, 0.717) is 0 Å². The van der Waals surface area contributed by atoms with Gasteiger partial charge in [-0.3, -0.25) is 0 Å². The fraction of sp³-hybridized carbons (Fsp3) is 0. The maximum Gasteiger partial charge on any atom is 0.335 e. The molecule has 0 bridgehead atoms. The van der Waals surface area contributed by atoms with Crippen molar-refractivity contribution in [2.45, 2.75) is 0 Å². The maximum atomic E-state index is 11.1. The Bertz CT molecular complexity index is 1020. The molecule has 24 heavy (non-hydrogen) atoms. The van der Waals surface area contributed by atoms with Crippen molar-refractivity contribution >= 4 is 10.8 Å². The molecule has 0 fully saturated rings. The van der Waals surface area contributed by atoms with Crippen LogP contribution in [0.15, 0.2) is 91.6 Å². The van der Waals surface area contributed by atoms with Crippen molar-refractivity contribution in [2.75, 3.05) is 0 Å². The number of hydrogen-bond acceptors (Lipinski definition) is 4. The normalized spacial score (nSPS) is 10.8. The van der Waals surface area contributed by atoms with E-state index in [4.69, 9.17) is 8.83 Å². The highest BCUT2D eigenvalue weighted by molar-refractivity contribution is 5.90. The summed E-state index contributed by atoms with van der Waals surface area (Å²) in [5.41, 5.74) is 2.93. The fourth-order valence-corrected chi connectivity index (χ4v) is 2.65. The number of hydrogen-bond donors (Lipinski definition) is 0. The van der Waals surface area contributed by atoms with Crippen molar-refractivity contribution in [3.05, 3.63) is 94.0 Å². The van der Waals surface area contributed by atoms with Crippen LogP contribution < -0.4 is 11.3 Å². The van der Waals surface area contributed by atoms with E-state index in [1.165, 1.54) is 24.7 Å². The Morgan fingerprint density at radius 3 is 1.29 bits per heavy atom. The fourth-order valence-electron chi connectivity index (χ4n) is 2.65. The minimum Gasteiger partial charge on any atom is -0.431 e. The van der Waals surface area contributed by atoms with Gasteiger partial charge in [0.05, 0.1) is 0 Å². The van der Waals surface area contributed by atoms with E-state index in [-0.39, 0.29) is 11.3 Å². The summed E-state index contributed by atoms with van der Waals surface area (Å²) in [5.74, 6) is 0. The van der Waals surface area contributed by atoms with Crippen LogP contribution >= 0.6 is 0 Å². The standard InChI is InChI=1S/C20H12O4/c21-19-7-5-17(11-23-19)15-3-1-13-9-16(4-2-14(13)10-15)18-6-8-20(22)24-12-18/h1-12H. The molecule has 0 unspecified atom stereocenters. The summed E-state index contributed by atoms with van der Waals surface area (Å²) in [5, 5.41) is 2.14. The van der Waals surface area contributed by atoms with Gasteiger partial charge in [-0.2, -0.15) is 0 Å². The zero-order valence-electron chi connectivity index (χ0n) is 12.6. The van der Waals surface area contributed by atoms with Crippen LogP contribution in [0.3, 0.4) is 0 Å². The highest BCUT2D eigenvalue weighted by Gasteiger charge is 2.04. The molecular weight excluding hydrogens is 304 g/mol. The molecule has 0 radical (unpaired) electrons. The first-order valence-corrected chi connectivity index (χ1v) is 7.41. The highest BCUT2D eigenvalue weighted by atomic mass is 16.4. The molecule has 0 aliphatic rings. The van der Waals surface area contributed by atoms with Crippen molar-refractivity contribution < 1.29 is 8.83 Å². The SMILES string of the molecule is O=c1ccc(-c2ccc3cc(-c4ccc(=O)oc4)ccc3c2)co1. The first kappa shape index (κ1) is 14.2. The third-order valence-corrected chi connectivity index (χ3v) is 3.91. The summed E-state index contributed by atoms with van der Waals surface area (Å²) in [6.45, 7) is 0. The molecule has 4 rings (SSSR count). The van der Waals surface area contributed by atoms with Gasteiger partial charge in [0.1, 0.15) is 12.5 Å². The molecule has 0 saturated carbocycles. The van der Waals surface area contributed by atoms with E-state index in [1.807, 2.05) is 36.4 Å². The first-order valence-electron chi connectivity index (χ1n) is 7.41. The second-order valence-electron chi connectivity index (χ2n) is 5.46. The molecule has 0 spiro atoms. The zero-order chi connectivity index (χ0) is 16.5. The monoisotopic (exact) mass is 316 g/mol. The Kier molecular flexibility index (Phi) is 3.35. The molecule has 4 nitrogen and oxygen atoms in total. The molecule has 0 aliphatic heterocycles. The van der Waals surface area contributed by atoms with Gasteiger partial charge in [-0.1, -0.05) is 24.3 Å². The van der Waals surface area contributed by atoms with Crippen LogP contribution in [0.25, 0.3) is 33.0 Å². The Morgan fingerprint density at radius 1 is 0.500 bits per heavy atom. The zero-order valence-corrected chi connectivity index (χ0v) is 12.6. The van der Waals surface area contributed by atoms with Gasteiger partial charge in [0.2, 0.25) is 0 Å². The van der Waals surface area contributed by atoms with Gasteiger partial charge in [0, 0.05) is 23.3 Å². The predicted molar refractivity (Wildman–Crippen MR) is 91.9 cm³/mol. The molecule has 4 heteroatoms. The van der Waals surface area contributed by atoms with Crippen LogP contribution in [-0.2, 0) is 0 Å². The van der Waals surface area contributed by atoms with Gasteiger partial charge in [-0.05, 0) is 46.2 Å². The predicted octanol–water partition coefficient (Wildman–Crippen LogP) is 4.08. The van der Waals surface area contributed by atoms with Crippen molar-refractivity contribution in [1.82, 2.24) is 0 Å². The Balaban J connectivity index is 1.78. The van der Waals surface area contributed by atoms with Gasteiger partial charge in [-0.15, -0.1) is 0 Å². The summed E-state index contributed by atoms with van der Waals surface area (Å²) in [7, 11) is 0. The summed E-state index contributed by atoms with van der Waals surface area (Å²) in [6.07, 6.45) is 2.92. The second-order valence-corrected chi connectivity index (χ2v) is 5.46. The topological polar surface area (TPSA) is 60.4 Å². The summed E-state index contributed by atoms with van der Waals surface area (Å²) < 4.78 is 9.84. The van der Waals surface area contributed by atoms with E-state index in [9.17, 15) is 9.59 Å². The van der Waals surface area contributed by atoms with Crippen LogP contribution in [0.5, 0.6) is 0 Å². The smallest absolute Gasteiger partial charge is 0.335 e. The number of fused-ring (bicyclic) bond motifs is 1. The summed E-state index contributed by atoms with van der Waals surface area (Å²) in [4.78, 5) is 22.1. The lowest BCUT2D eigenvalue weighted by atomic mass is 9.99. The average Bonchev–Trinajstić information content (AvgIpc) is 2.62. The van der Waals surface area contributed by atoms with E-state index in [2.05, 4.69) is 0 Å². The van der Waals surface area contributed by atoms with Gasteiger partial charge in [0.25, 0.3) is 0 Å². The van der Waals surface area contributed by atoms with Crippen molar-refractivity contribution in [1.29, 1.82) is 0 Å². The summed E-state index contributed by atoms with van der Waals surface area (Å²) in [6, 6.07) is 18.4. The quantitative estimate of drug-likeness (QED) is 0.559. The van der Waals surface area contributed by atoms with Crippen LogP contribution in [0.1, 0.15) is 0 Å². The Hall–Kier alpha value is -3.40. The largest absolute Gasteiger partial charge is 0.431 e. The maximum absolute atomic E-state index is 11.1. The number of benzene rings is 2. The molecule has 0 amide bonds. The van der Waals surface area contributed by atoms with Crippen molar-refractivity contribution in [3.8, 4) is 22.3 Å². The lowest BCUT2D eigenvalue weighted by molar-refractivity contribution is 0.512. The van der Waals surface area contributed by atoms with Crippen LogP contribution in [0.4, 0.5) is 0 Å².